The molecule has 6 heteroatoms. The van der Waals surface area contributed by atoms with Crippen molar-refractivity contribution in [3.63, 3.8) is 0 Å². The summed E-state index contributed by atoms with van der Waals surface area (Å²) in [5.74, 6) is -0.456. The Morgan fingerprint density at radius 2 is 2.40 bits per heavy atom. The van der Waals surface area contributed by atoms with E-state index in [1.54, 1.807) is 0 Å². The van der Waals surface area contributed by atoms with Crippen LogP contribution in [0.1, 0.15) is 17.3 Å². The molecule has 84 valence electrons. The molecule has 0 aromatic carbocycles. The Bertz CT molecular complexity index is 348. The molecule has 3 N–H and O–H groups in total. The van der Waals surface area contributed by atoms with Crippen LogP contribution >= 0.6 is 11.6 Å². The molecule has 0 bridgehead atoms. The second kappa shape index (κ2) is 4.65. The minimum Gasteiger partial charge on any atom is -0.452 e. The van der Waals surface area contributed by atoms with Gasteiger partial charge in [0.25, 0.3) is 5.91 Å². The molecular weight excluding hydrogens is 222 g/mol. The highest BCUT2D eigenvalue weighted by atomic mass is 35.5. The summed E-state index contributed by atoms with van der Waals surface area (Å²) >= 11 is 5.58. The van der Waals surface area contributed by atoms with Crippen molar-refractivity contribution in [2.75, 3.05) is 13.2 Å². The Balaban J connectivity index is 2.55. The van der Waals surface area contributed by atoms with Crippen molar-refractivity contribution in [1.82, 2.24) is 5.32 Å². The average molecular weight is 234 g/mol. The van der Waals surface area contributed by atoms with E-state index in [0.717, 1.165) is 0 Å². The van der Waals surface area contributed by atoms with Gasteiger partial charge in [0.2, 0.25) is 5.22 Å². The second-order valence-corrected chi connectivity index (χ2v) is 3.79. The van der Waals surface area contributed by atoms with Gasteiger partial charge in [-0.15, -0.1) is 0 Å². The molecule has 5 nitrogen and oxygen atoms in total. The van der Waals surface area contributed by atoms with Gasteiger partial charge in [0.15, 0.2) is 0 Å². The fraction of sp³-hybridized carbons (Fsp3) is 0.444. The summed E-state index contributed by atoms with van der Waals surface area (Å²) in [5.41, 5.74) is -1.14. The molecule has 0 saturated carbocycles. The van der Waals surface area contributed by atoms with Crippen LogP contribution in [-0.2, 0) is 0 Å². The Kier molecular flexibility index (Phi) is 3.73. The first kappa shape index (κ1) is 12.0. The van der Waals surface area contributed by atoms with Crippen LogP contribution < -0.4 is 5.32 Å². The minimum atomic E-state index is -1.34. The van der Waals surface area contributed by atoms with Gasteiger partial charge in [-0.05, 0) is 24.6 Å². The van der Waals surface area contributed by atoms with Crippen LogP contribution in [-0.4, -0.2) is 34.9 Å². The summed E-state index contributed by atoms with van der Waals surface area (Å²) in [6.07, 6.45) is 1.29. The van der Waals surface area contributed by atoms with Gasteiger partial charge < -0.3 is 19.9 Å². The van der Waals surface area contributed by atoms with E-state index >= 15 is 0 Å². The molecule has 15 heavy (non-hydrogen) atoms. The SMILES string of the molecule is CC(O)(CO)CNC(=O)c1ccoc1Cl. The van der Waals surface area contributed by atoms with E-state index in [4.69, 9.17) is 21.1 Å². The normalized spacial score (nSPS) is 14.7. The molecule has 1 heterocycles. The molecule has 1 aromatic rings. The summed E-state index contributed by atoms with van der Waals surface area (Å²) in [6.45, 7) is 0.903. The highest BCUT2D eigenvalue weighted by molar-refractivity contribution is 6.32. The van der Waals surface area contributed by atoms with Gasteiger partial charge in [-0.1, -0.05) is 0 Å². The van der Waals surface area contributed by atoms with Crippen LogP contribution in [0.4, 0.5) is 0 Å². The Morgan fingerprint density at radius 3 is 2.87 bits per heavy atom. The molecule has 0 radical (unpaired) electrons. The lowest BCUT2D eigenvalue weighted by molar-refractivity contribution is 0.00319. The lowest BCUT2D eigenvalue weighted by atomic mass is 10.1. The van der Waals surface area contributed by atoms with E-state index in [9.17, 15) is 9.90 Å². The molecule has 1 atom stereocenters. The summed E-state index contributed by atoms with van der Waals surface area (Å²) in [7, 11) is 0. The predicted octanol–water partition coefficient (Wildman–Crippen LogP) is 0.406. The summed E-state index contributed by atoms with van der Waals surface area (Å²) in [6, 6.07) is 1.42. The molecular formula is C9H12ClNO4. The van der Waals surface area contributed by atoms with E-state index < -0.39 is 18.1 Å². The molecule has 1 unspecified atom stereocenters. The zero-order chi connectivity index (χ0) is 11.5. The fourth-order valence-electron chi connectivity index (χ4n) is 0.878. The zero-order valence-electron chi connectivity index (χ0n) is 8.16. The first-order chi connectivity index (χ1) is 6.96. The number of furan rings is 1. The molecule has 0 saturated heterocycles. The Labute approximate surface area is 91.7 Å². The summed E-state index contributed by atoms with van der Waals surface area (Å²) in [5, 5.41) is 20.6. The number of hydrogen-bond acceptors (Lipinski definition) is 4. The Morgan fingerprint density at radius 1 is 1.73 bits per heavy atom. The van der Waals surface area contributed by atoms with Gasteiger partial charge in [-0.3, -0.25) is 4.79 Å². The monoisotopic (exact) mass is 233 g/mol. The number of carbonyl (C=O) groups excluding carboxylic acids is 1. The van der Waals surface area contributed by atoms with Gasteiger partial charge in [-0.25, -0.2) is 0 Å². The summed E-state index contributed by atoms with van der Waals surface area (Å²) in [4.78, 5) is 11.4. The van der Waals surface area contributed by atoms with Crippen LogP contribution in [0.15, 0.2) is 16.7 Å². The van der Waals surface area contributed by atoms with Crippen molar-refractivity contribution in [1.29, 1.82) is 0 Å². The van der Waals surface area contributed by atoms with Gasteiger partial charge in [-0.2, -0.15) is 0 Å². The topological polar surface area (TPSA) is 82.7 Å². The smallest absolute Gasteiger partial charge is 0.256 e. The number of aliphatic hydroxyl groups excluding tert-OH is 1. The second-order valence-electron chi connectivity index (χ2n) is 3.45. The molecule has 0 aliphatic rings. The van der Waals surface area contributed by atoms with Crippen molar-refractivity contribution in [2.45, 2.75) is 12.5 Å². The summed E-state index contributed by atoms with van der Waals surface area (Å²) < 4.78 is 4.74. The van der Waals surface area contributed by atoms with Crippen molar-refractivity contribution in [2.24, 2.45) is 0 Å². The third kappa shape index (κ3) is 3.23. The van der Waals surface area contributed by atoms with E-state index in [2.05, 4.69) is 5.32 Å². The predicted molar refractivity (Wildman–Crippen MR) is 53.8 cm³/mol. The van der Waals surface area contributed by atoms with Crippen LogP contribution in [0.3, 0.4) is 0 Å². The van der Waals surface area contributed by atoms with Crippen LogP contribution in [0.5, 0.6) is 0 Å². The standard InChI is InChI=1S/C9H12ClNO4/c1-9(14,5-12)4-11-8(13)6-2-3-15-7(6)10/h2-3,12,14H,4-5H2,1H3,(H,11,13). The lowest BCUT2D eigenvalue weighted by Gasteiger charge is -2.20. The van der Waals surface area contributed by atoms with Crippen LogP contribution in [0.2, 0.25) is 5.22 Å². The molecule has 1 amide bonds. The maximum atomic E-state index is 11.4. The first-order valence-corrected chi connectivity index (χ1v) is 4.68. The quantitative estimate of drug-likeness (QED) is 0.703. The molecule has 1 aromatic heterocycles. The largest absolute Gasteiger partial charge is 0.452 e. The third-order valence-corrected chi connectivity index (χ3v) is 2.13. The van der Waals surface area contributed by atoms with Crippen molar-refractivity contribution in [3.8, 4) is 0 Å². The highest BCUT2D eigenvalue weighted by Gasteiger charge is 2.21. The average Bonchev–Trinajstić information content (AvgIpc) is 2.61. The number of aliphatic hydroxyl groups is 2. The molecule has 0 fully saturated rings. The highest BCUT2D eigenvalue weighted by Crippen LogP contribution is 2.16. The zero-order valence-corrected chi connectivity index (χ0v) is 8.91. The van der Waals surface area contributed by atoms with E-state index in [-0.39, 0.29) is 17.3 Å². The molecule has 1 rings (SSSR count). The number of hydrogen-bond donors (Lipinski definition) is 3. The first-order valence-electron chi connectivity index (χ1n) is 4.31. The molecule has 0 aliphatic carbocycles. The number of nitrogens with one attached hydrogen (secondary N) is 1. The van der Waals surface area contributed by atoms with E-state index in [1.165, 1.54) is 19.3 Å². The van der Waals surface area contributed by atoms with Gasteiger partial charge in [0.05, 0.1) is 18.4 Å². The number of rotatable bonds is 4. The maximum absolute atomic E-state index is 11.4. The van der Waals surface area contributed by atoms with Crippen LogP contribution in [0.25, 0.3) is 0 Å². The van der Waals surface area contributed by atoms with Gasteiger partial charge >= 0.3 is 0 Å². The lowest BCUT2D eigenvalue weighted by Crippen LogP contribution is -2.43. The van der Waals surface area contributed by atoms with Crippen LogP contribution in [0, 0.1) is 0 Å². The van der Waals surface area contributed by atoms with E-state index in [0.29, 0.717) is 0 Å². The van der Waals surface area contributed by atoms with Crippen molar-refractivity contribution in [3.05, 3.63) is 23.1 Å². The maximum Gasteiger partial charge on any atom is 0.256 e. The number of amides is 1. The molecule has 0 spiro atoms. The Hall–Kier alpha value is -1.04. The number of halogens is 1. The fourth-order valence-corrected chi connectivity index (χ4v) is 1.08. The molecule has 0 aliphatic heterocycles. The number of carbonyl (C=O) groups is 1. The van der Waals surface area contributed by atoms with E-state index in [1.807, 2.05) is 0 Å². The van der Waals surface area contributed by atoms with Crippen molar-refractivity contribution >= 4 is 17.5 Å². The minimum absolute atomic E-state index is 0.00357. The van der Waals surface area contributed by atoms with Crippen molar-refractivity contribution < 1.29 is 19.4 Å². The van der Waals surface area contributed by atoms with Gasteiger partial charge in [0, 0.05) is 6.54 Å². The van der Waals surface area contributed by atoms with Gasteiger partial charge in [0.1, 0.15) is 5.60 Å². The third-order valence-electron chi connectivity index (χ3n) is 1.83.